The van der Waals surface area contributed by atoms with Crippen LogP contribution in [0.3, 0.4) is 0 Å². The van der Waals surface area contributed by atoms with Gasteiger partial charge in [-0.25, -0.2) is 0 Å². The lowest BCUT2D eigenvalue weighted by molar-refractivity contribution is -0.185. The van der Waals surface area contributed by atoms with Crippen LogP contribution in [0, 0.1) is 0 Å². The van der Waals surface area contributed by atoms with Gasteiger partial charge in [0.05, 0.1) is 39.1 Å². The Morgan fingerprint density at radius 3 is 1.31 bits per heavy atom. The number of hydrogen-bond donors (Lipinski definition) is 1. The highest BCUT2D eigenvalue weighted by molar-refractivity contribution is 7.79. The van der Waals surface area contributed by atoms with Gasteiger partial charge in [0.25, 0.3) is 0 Å². The fourth-order valence-corrected chi connectivity index (χ4v) is 10.4. The number of hydrogen-bond acceptors (Lipinski definition) is 7. The Balaban J connectivity index is 1.33. The van der Waals surface area contributed by atoms with Crippen LogP contribution >= 0.6 is 7.14 Å². The van der Waals surface area contributed by atoms with Gasteiger partial charge in [0.15, 0.2) is 7.14 Å². The van der Waals surface area contributed by atoms with Crippen molar-refractivity contribution in [1.82, 2.24) is 5.06 Å². The van der Waals surface area contributed by atoms with Crippen LogP contribution in [-0.4, -0.2) is 47.0 Å². The topological polar surface area (TPSA) is 77.5 Å². The van der Waals surface area contributed by atoms with E-state index < -0.39 is 37.3 Å². The van der Waals surface area contributed by atoms with Crippen molar-refractivity contribution in [2.75, 3.05) is 6.61 Å². The van der Waals surface area contributed by atoms with E-state index in [2.05, 4.69) is 0 Å². The smallest absolute Gasteiger partial charge is 0.164 e. The van der Waals surface area contributed by atoms with E-state index in [4.69, 9.17) is 18.9 Å². The Labute approximate surface area is 318 Å². The molecule has 1 fully saturated rings. The third-order valence-corrected chi connectivity index (χ3v) is 13.2. The Hall–Kier alpha value is -4.69. The number of ether oxygens (including phenoxy) is 4. The van der Waals surface area contributed by atoms with E-state index in [1.807, 2.05) is 182 Å². The van der Waals surface area contributed by atoms with Crippen molar-refractivity contribution in [2.45, 2.75) is 56.6 Å². The summed E-state index contributed by atoms with van der Waals surface area (Å²) in [6.07, 6.45) is -2.36. The van der Waals surface area contributed by atoms with Crippen LogP contribution in [0.1, 0.15) is 22.3 Å². The summed E-state index contributed by atoms with van der Waals surface area (Å²) in [4.78, 5) is 0. The fraction of sp³-hybridized carbons (Fsp3) is 0.217. The maximum Gasteiger partial charge on any atom is 0.164 e. The predicted molar refractivity (Wildman–Crippen MR) is 212 cm³/mol. The number of benzene rings is 6. The highest BCUT2D eigenvalue weighted by Gasteiger charge is 2.60. The van der Waals surface area contributed by atoms with Crippen molar-refractivity contribution in [3.8, 4) is 0 Å². The lowest BCUT2D eigenvalue weighted by atomic mass is 10.0. The SMILES string of the molecule is O=P(c1ccccc1)(c1ccccc1)C1[C@H](OCc2ccccc2)[C@@H](OCc2ccccc2)[C@@H]([C@@H](COCc2ccccc2)OCc2ccccc2)N1O. The van der Waals surface area contributed by atoms with E-state index in [0.29, 0.717) is 17.2 Å². The molecular formula is C46H46NO6P. The molecule has 1 aliphatic rings. The second kappa shape index (κ2) is 18.6. The minimum absolute atomic E-state index is 0.133. The monoisotopic (exact) mass is 739 g/mol. The summed E-state index contributed by atoms with van der Waals surface area (Å²) >= 11 is 0. The van der Waals surface area contributed by atoms with Gasteiger partial charge >= 0.3 is 0 Å². The Morgan fingerprint density at radius 1 is 0.500 bits per heavy atom. The lowest BCUT2D eigenvalue weighted by Crippen LogP contribution is -2.49. The van der Waals surface area contributed by atoms with Crippen molar-refractivity contribution in [1.29, 1.82) is 0 Å². The molecule has 0 saturated carbocycles. The van der Waals surface area contributed by atoms with E-state index in [0.717, 1.165) is 22.3 Å². The molecule has 1 aliphatic heterocycles. The molecule has 1 unspecified atom stereocenters. The molecule has 7 nitrogen and oxygen atoms in total. The first-order valence-electron chi connectivity index (χ1n) is 18.4. The van der Waals surface area contributed by atoms with Crippen LogP contribution in [0.2, 0.25) is 0 Å². The molecule has 0 bridgehead atoms. The molecule has 276 valence electrons. The average molecular weight is 740 g/mol. The number of hydroxylamine groups is 2. The second-order valence-corrected chi connectivity index (χ2v) is 16.3. The summed E-state index contributed by atoms with van der Waals surface area (Å²) in [5.74, 6) is -1.03. The zero-order chi connectivity index (χ0) is 37.0. The van der Waals surface area contributed by atoms with Crippen molar-refractivity contribution in [3.63, 3.8) is 0 Å². The summed E-state index contributed by atoms with van der Waals surface area (Å²) in [7, 11) is -3.69. The summed E-state index contributed by atoms with van der Waals surface area (Å²) in [5.41, 5.74) is 3.90. The van der Waals surface area contributed by atoms with Gasteiger partial charge in [-0.15, -0.1) is 0 Å². The van der Waals surface area contributed by atoms with Crippen LogP contribution in [0.15, 0.2) is 182 Å². The molecule has 54 heavy (non-hydrogen) atoms. The molecule has 6 aromatic rings. The van der Waals surface area contributed by atoms with E-state index in [9.17, 15) is 5.21 Å². The molecule has 0 spiro atoms. The molecule has 0 aliphatic carbocycles. The molecule has 6 aromatic carbocycles. The van der Waals surface area contributed by atoms with Crippen molar-refractivity contribution < 1.29 is 28.7 Å². The van der Waals surface area contributed by atoms with Crippen LogP contribution in [0.25, 0.3) is 0 Å². The van der Waals surface area contributed by atoms with E-state index in [-0.39, 0.29) is 26.4 Å². The lowest BCUT2D eigenvalue weighted by Gasteiger charge is -2.34. The number of rotatable bonds is 17. The van der Waals surface area contributed by atoms with Gasteiger partial charge in [0.1, 0.15) is 24.1 Å². The first kappa shape index (κ1) is 37.6. The normalized spacial score (nSPS) is 19.4. The Morgan fingerprint density at radius 2 is 0.870 bits per heavy atom. The molecule has 0 aromatic heterocycles. The van der Waals surface area contributed by atoms with E-state index >= 15 is 4.57 Å². The minimum Gasteiger partial charge on any atom is -0.374 e. The molecule has 8 heteroatoms. The van der Waals surface area contributed by atoms with Gasteiger partial charge in [-0.3, -0.25) is 0 Å². The highest BCUT2D eigenvalue weighted by atomic mass is 31.2. The van der Waals surface area contributed by atoms with Gasteiger partial charge < -0.3 is 28.7 Å². The molecular weight excluding hydrogens is 693 g/mol. The fourth-order valence-electron chi connectivity index (χ4n) is 7.15. The van der Waals surface area contributed by atoms with Crippen molar-refractivity contribution in [3.05, 3.63) is 204 Å². The predicted octanol–water partition coefficient (Wildman–Crippen LogP) is 8.37. The maximum absolute atomic E-state index is 16.2. The first-order valence-corrected chi connectivity index (χ1v) is 20.2. The van der Waals surface area contributed by atoms with Gasteiger partial charge in [0.2, 0.25) is 0 Å². The van der Waals surface area contributed by atoms with Crippen LogP contribution in [0.4, 0.5) is 0 Å². The maximum atomic E-state index is 16.2. The van der Waals surface area contributed by atoms with E-state index in [1.54, 1.807) is 0 Å². The molecule has 7 rings (SSSR count). The van der Waals surface area contributed by atoms with Crippen LogP contribution in [0.5, 0.6) is 0 Å². The Bertz CT molecular complexity index is 1980. The third-order valence-electron chi connectivity index (χ3n) is 9.83. The molecule has 5 atom stereocenters. The van der Waals surface area contributed by atoms with Gasteiger partial charge in [-0.05, 0) is 22.3 Å². The highest BCUT2D eigenvalue weighted by Crippen LogP contribution is 2.56. The van der Waals surface area contributed by atoms with Gasteiger partial charge in [-0.1, -0.05) is 182 Å². The largest absolute Gasteiger partial charge is 0.374 e. The molecule has 1 heterocycles. The molecule has 1 saturated heterocycles. The molecule has 0 amide bonds. The second-order valence-electron chi connectivity index (χ2n) is 13.5. The van der Waals surface area contributed by atoms with Crippen molar-refractivity contribution in [2.24, 2.45) is 0 Å². The summed E-state index contributed by atoms with van der Waals surface area (Å²) in [5, 5.41) is 15.2. The summed E-state index contributed by atoms with van der Waals surface area (Å²) in [6, 6.07) is 57.6. The molecule has 0 radical (unpaired) electrons. The zero-order valence-electron chi connectivity index (χ0n) is 30.1. The average Bonchev–Trinajstić information content (AvgIpc) is 3.52. The summed E-state index contributed by atoms with van der Waals surface area (Å²) in [6.45, 7) is 1.21. The summed E-state index contributed by atoms with van der Waals surface area (Å²) < 4.78 is 43.1. The molecule has 1 N–H and O–H groups in total. The van der Waals surface area contributed by atoms with Gasteiger partial charge in [-0.2, -0.15) is 5.06 Å². The van der Waals surface area contributed by atoms with Crippen molar-refractivity contribution >= 4 is 17.8 Å². The Kier molecular flexibility index (Phi) is 12.9. The van der Waals surface area contributed by atoms with Gasteiger partial charge in [0, 0.05) is 10.6 Å². The zero-order valence-corrected chi connectivity index (χ0v) is 31.0. The standard InChI is InChI=1S/C46H46NO6P/c48-47-43(42(51-32-37-21-9-2-10-22-37)35-50-31-36-19-7-1-8-20-36)44(52-33-38-23-11-3-12-24-38)45(53-34-39-25-13-4-14-26-39)46(47)54(49,40-27-15-5-16-28-40)41-29-17-6-18-30-41/h1-30,42-46,48H,31-35H2/t42-,43-,44+,45-,46?/m1/s1. The quantitative estimate of drug-likeness (QED) is 0.0943. The van der Waals surface area contributed by atoms with Crippen LogP contribution in [-0.2, 0) is 49.9 Å². The third kappa shape index (κ3) is 8.98. The first-order chi connectivity index (χ1) is 26.6. The minimum atomic E-state index is -3.69. The van der Waals surface area contributed by atoms with E-state index in [1.165, 1.54) is 5.06 Å². The van der Waals surface area contributed by atoms with Crippen LogP contribution < -0.4 is 10.6 Å². The number of nitrogens with zero attached hydrogens (tertiary/aromatic N) is 1.